The Morgan fingerprint density at radius 1 is 1.39 bits per heavy atom. The molecule has 0 aromatic heterocycles. The number of carbonyl (C=O) groups is 1. The summed E-state index contributed by atoms with van der Waals surface area (Å²) in [6, 6.07) is 7.70. The second-order valence-corrected chi connectivity index (χ2v) is 6.97. The third-order valence-corrected chi connectivity index (χ3v) is 4.51. The average molecular weight is 393 g/mol. The van der Waals surface area contributed by atoms with Crippen LogP contribution in [0.4, 0.5) is 13.2 Å². The molecule has 3 nitrogen and oxygen atoms in total. The summed E-state index contributed by atoms with van der Waals surface area (Å²) in [4.78, 5) is 13.6. The summed E-state index contributed by atoms with van der Waals surface area (Å²) in [5.41, 5.74) is 0.528. The fourth-order valence-electron chi connectivity index (χ4n) is 2.66. The van der Waals surface area contributed by atoms with Crippen molar-refractivity contribution in [1.82, 2.24) is 10.2 Å². The minimum atomic E-state index is -4.18. The van der Waals surface area contributed by atoms with Crippen molar-refractivity contribution in [2.24, 2.45) is 0 Å². The molecule has 0 saturated heterocycles. The number of hydrogen-bond acceptors (Lipinski definition) is 2. The molecule has 128 valence electrons. The van der Waals surface area contributed by atoms with E-state index in [-0.39, 0.29) is 5.91 Å². The van der Waals surface area contributed by atoms with Gasteiger partial charge in [0.1, 0.15) is 0 Å². The van der Waals surface area contributed by atoms with Crippen LogP contribution in [-0.2, 0) is 10.2 Å². The molecule has 0 heterocycles. The number of nitrogens with one attached hydrogen (secondary N) is 1. The SMILES string of the molecule is CN(CCCNC(=O)C1(c2cccc(Br)c2)CC1)CC(F)(F)F. The Labute approximate surface area is 142 Å². The van der Waals surface area contributed by atoms with Gasteiger partial charge in [-0.15, -0.1) is 0 Å². The molecule has 1 amide bonds. The number of nitrogens with zero attached hydrogens (tertiary/aromatic N) is 1. The summed E-state index contributed by atoms with van der Waals surface area (Å²) in [5.74, 6) is -0.0333. The van der Waals surface area contributed by atoms with Gasteiger partial charge in [-0.05, 0) is 50.6 Å². The zero-order chi connectivity index (χ0) is 17.1. The van der Waals surface area contributed by atoms with Crippen molar-refractivity contribution in [3.8, 4) is 0 Å². The molecule has 1 aliphatic carbocycles. The number of benzene rings is 1. The highest BCUT2D eigenvalue weighted by Crippen LogP contribution is 2.48. The van der Waals surface area contributed by atoms with Gasteiger partial charge in [-0.2, -0.15) is 13.2 Å². The molecule has 0 spiro atoms. The van der Waals surface area contributed by atoms with E-state index < -0.39 is 18.1 Å². The zero-order valence-electron chi connectivity index (χ0n) is 12.9. The summed E-state index contributed by atoms with van der Waals surface area (Å²) in [6.45, 7) is -0.247. The van der Waals surface area contributed by atoms with Gasteiger partial charge in [0.25, 0.3) is 0 Å². The maximum Gasteiger partial charge on any atom is 0.401 e. The van der Waals surface area contributed by atoms with E-state index in [0.29, 0.717) is 19.5 Å². The Morgan fingerprint density at radius 3 is 2.65 bits per heavy atom. The van der Waals surface area contributed by atoms with E-state index in [0.717, 1.165) is 22.9 Å². The quantitative estimate of drug-likeness (QED) is 0.720. The van der Waals surface area contributed by atoms with E-state index >= 15 is 0 Å². The second kappa shape index (κ2) is 7.21. The molecule has 23 heavy (non-hydrogen) atoms. The fraction of sp³-hybridized carbons (Fsp3) is 0.562. The third-order valence-electron chi connectivity index (χ3n) is 4.01. The lowest BCUT2D eigenvalue weighted by atomic mass is 9.95. The molecule has 0 radical (unpaired) electrons. The lowest BCUT2D eigenvalue weighted by Crippen LogP contribution is -2.37. The van der Waals surface area contributed by atoms with E-state index in [1.54, 1.807) is 0 Å². The van der Waals surface area contributed by atoms with Crippen LogP contribution in [0.15, 0.2) is 28.7 Å². The molecule has 0 aliphatic heterocycles. The van der Waals surface area contributed by atoms with Crippen LogP contribution < -0.4 is 5.32 Å². The molecular formula is C16H20BrF3N2O. The summed E-state index contributed by atoms with van der Waals surface area (Å²) < 4.78 is 37.6. The molecule has 1 fully saturated rings. The minimum Gasteiger partial charge on any atom is -0.355 e. The van der Waals surface area contributed by atoms with Crippen molar-refractivity contribution in [2.45, 2.75) is 30.9 Å². The first-order chi connectivity index (χ1) is 10.7. The Bertz CT molecular complexity index is 559. The van der Waals surface area contributed by atoms with Gasteiger partial charge in [0.2, 0.25) is 5.91 Å². The number of halogens is 4. The van der Waals surface area contributed by atoms with Crippen molar-refractivity contribution in [3.63, 3.8) is 0 Å². The number of rotatable bonds is 7. The standard InChI is InChI=1S/C16H20BrF3N2O/c1-22(11-16(18,19)20)9-3-8-21-14(23)15(6-7-15)12-4-2-5-13(17)10-12/h2,4-5,10H,3,6-9,11H2,1H3,(H,21,23). The maximum atomic E-state index is 12.4. The van der Waals surface area contributed by atoms with E-state index in [1.165, 1.54) is 11.9 Å². The number of carbonyl (C=O) groups excluding carboxylic acids is 1. The third kappa shape index (κ3) is 5.21. The molecule has 0 unspecified atom stereocenters. The fourth-order valence-corrected chi connectivity index (χ4v) is 3.06. The highest BCUT2D eigenvalue weighted by Gasteiger charge is 2.51. The van der Waals surface area contributed by atoms with Gasteiger partial charge in [0, 0.05) is 11.0 Å². The summed E-state index contributed by atoms with van der Waals surface area (Å²) >= 11 is 3.41. The number of hydrogen-bond donors (Lipinski definition) is 1. The Balaban J connectivity index is 1.77. The van der Waals surface area contributed by atoms with Crippen molar-refractivity contribution < 1.29 is 18.0 Å². The molecule has 1 aromatic rings. The van der Waals surface area contributed by atoms with Crippen LogP contribution in [0.25, 0.3) is 0 Å². The molecule has 0 atom stereocenters. The highest BCUT2D eigenvalue weighted by atomic mass is 79.9. The molecule has 1 aliphatic rings. The smallest absolute Gasteiger partial charge is 0.355 e. The van der Waals surface area contributed by atoms with Gasteiger partial charge in [0.15, 0.2) is 0 Å². The molecule has 0 bridgehead atoms. The normalized spacial score (nSPS) is 16.4. The van der Waals surface area contributed by atoms with Crippen LogP contribution in [0.3, 0.4) is 0 Å². The van der Waals surface area contributed by atoms with Gasteiger partial charge in [-0.25, -0.2) is 0 Å². The van der Waals surface area contributed by atoms with Crippen molar-refractivity contribution in [3.05, 3.63) is 34.3 Å². The second-order valence-electron chi connectivity index (χ2n) is 6.05. The van der Waals surface area contributed by atoms with E-state index in [9.17, 15) is 18.0 Å². The molecule has 1 aromatic carbocycles. The van der Waals surface area contributed by atoms with E-state index in [4.69, 9.17) is 0 Å². The van der Waals surface area contributed by atoms with Crippen LogP contribution in [0.1, 0.15) is 24.8 Å². The lowest BCUT2D eigenvalue weighted by molar-refractivity contribution is -0.143. The topological polar surface area (TPSA) is 32.3 Å². The zero-order valence-corrected chi connectivity index (χ0v) is 14.5. The maximum absolute atomic E-state index is 12.4. The number of amides is 1. The first-order valence-corrected chi connectivity index (χ1v) is 8.32. The molecular weight excluding hydrogens is 373 g/mol. The van der Waals surface area contributed by atoms with E-state index in [2.05, 4.69) is 21.2 Å². The van der Waals surface area contributed by atoms with Gasteiger partial charge in [-0.1, -0.05) is 28.1 Å². The average Bonchev–Trinajstić information content (AvgIpc) is 3.23. The molecule has 1 N–H and O–H groups in total. The summed E-state index contributed by atoms with van der Waals surface area (Å²) in [5, 5.41) is 2.86. The van der Waals surface area contributed by atoms with Crippen LogP contribution >= 0.6 is 15.9 Å². The Hall–Kier alpha value is -1.08. The molecule has 2 rings (SSSR count). The van der Waals surface area contributed by atoms with Gasteiger partial charge in [-0.3, -0.25) is 9.69 Å². The predicted molar refractivity (Wildman–Crippen MR) is 86.2 cm³/mol. The van der Waals surface area contributed by atoms with Crippen LogP contribution in [0.2, 0.25) is 0 Å². The first-order valence-electron chi connectivity index (χ1n) is 7.53. The predicted octanol–water partition coefficient (Wildman–Crippen LogP) is 3.48. The van der Waals surface area contributed by atoms with E-state index in [1.807, 2.05) is 24.3 Å². The molecule has 7 heteroatoms. The first kappa shape index (κ1) is 18.3. The van der Waals surface area contributed by atoms with Crippen molar-refractivity contribution in [1.29, 1.82) is 0 Å². The Kier molecular flexibility index (Phi) is 5.73. The van der Waals surface area contributed by atoms with Crippen LogP contribution in [0.5, 0.6) is 0 Å². The summed E-state index contributed by atoms with van der Waals surface area (Å²) in [6.07, 6.45) is -2.07. The van der Waals surface area contributed by atoms with Crippen molar-refractivity contribution >= 4 is 21.8 Å². The largest absolute Gasteiger partial charge is 0.401 e. The molecule has 1 saturated carbocycles. The Morgan fingerprint density at radius 2 is 2.09 bits per heavy atom. The highest BCUT2D eigenvalue weighted by molar-refractivity contribution is 9.10. The lowest BCUT2D eigenvalue weighted by Gasteiger charge is -2.19. The summed E-state index contributed by atoms with van der Waals surface area (Å²) in [7, 11) is 1.43. The van der Waals surface area contributed by atoms with Crippen LogP contribution in [-0.4, -0.2) is 43.7 Å². The minimum absolute atomic E-state index is 0.0333. The van der Waals surface area contributed by atoms with Gasteiger partial charge >= 0.3 is 6.18 Å². The van der Waals surface area contributed by atoms with Gasteiger partial charge < -0.3 is 5.32 Å². The number of alkyl halides is 3. The monoisotopic (exact) mass is 392 g/mol. The van der Waals surface area contributed by atoms with Gasteiger partial charge in [0.05, 0.1) is 12.0 Å². The van der Waals surface area contributed by atoms with Crippen molar-refractivity contribution in [2.75, 3.05) is 26.7 Å². The van der Waals surface area contributed by atoms with Crippen LogP contribution in [0, 0.1) is 0 Å².